The van der Waals surface area contributed by atoms with Gasteiger partial charge in [0.15, 0.2) is 0 Å². The molecule has 2 rings (SSSR count). The van der Waals surface area contributed by atoms with Gasteiger partial charge in [0.25, 0.3) is 5.91 Å². The fraction of sp³-hybridized carbons (Fsp3) is 0.350. The fourth-order valence-electron chi connectivity index (χ4n) is 3.15. The van der Waals surface area contributed by atoms with E-state index in [2.05, 4.69) is 9.88 Å². The molecule has 0 saturated heterocycles. The van der Waals surface area contributed by atoms with Gasteiger partial charge in [0.2, 0.25) is 6.29 Å². The molecule has 2 N–H and O–H groups in total. The maximum Gasteiger partial charge on any atom is 0.303 e. The second-order valence-electron chi connectivity index (χ2n) is 6.30. The predicted octanol–water partition coefficient (Wildman–Crippen LogP) is 3.09. The summed E-state index contributed by atoms with van der Waals surface area (Å²) in [5.41, 5.74) is 4.65. The van der Waals surface area contributed by atoms with Gasteiger partial charge in [-0.1, -0.05) is 30.3 Å². The van der Waals surface area contributed by atoms with Crippen molar-refractivity contribution in [1.82, 2.24) is 4.57 Å². The Morgan fingerprint density at radius 2 is 1.81 bits per heavy atom. The maximum atomic E-state index is 11.6. The van der Waals surface area contributed by atoms with Crippen molar-refractivity contribution in [3.05, 3.63) is 52.8 Å². The number of aldehydes is 1. The van der Waals surface area contributed by atoms with Crippen molar-refractivity contribution in [2.24, 2.45) is 0 Å². The van der Waals surface area contributed by atoms with Crippen LogP contribution >= 0.6 is 0 Å². The molecule has 0 fully saturated rings. The van der Waals surface area contributed by atoms with Crippen molar-refractivity contribution >= 4 is 23.9 Å². The van der Waals surface area contributed by atoms with Gasteiger partial charge in [-0.2, -0.15) is 0 Å². The van der Waals surface area contributed by atoms with Crippen molar-refractivity contribution < 1.29 is 19.5 Å². The Kier molecular flexibility index (Phi) is 6.72. The quantitative estimate of drug-likeness (QED) is 0.410. The molecule has 1 heterocycles. The number of aliphatic carboxylic acids is 1. The smallest absolute Gasteiger partial charge is 0.303 e. The van der Waals surface area contributed by atoms with Crippen LogP contribution in [0.2, 0.25) is 0 Å². The number of aromatic nitrogens is 1. The molecular weight excluding hydrogens is 332 g/mol. The first-order chi connectivity index (χ1) is 12.4. The van der Waals surface area contributed by atoms with Crippen molar-refractivity contribution in [3.63, 3.8) is 0 Å². The highest BCUT2D eigenvalue weighted by Gasteiger charge is 2.19. The van der Waals surface area contributed by atoms with Crippen molar-refractivity contribution in [2.75, 3.05) is 5.32 Å². The largest absolute Gasteiger partial charge is 0.481 e. The summed E-state index contributed by atoms with van der Waals surface area (Å²) in [5, 5.41) is 11.5. The Hall–Kier alpha value is -2.89. The predicted molar refractivity (Wildman–Crippen MR) is 99.3 cm³/mol. The van der Waals surface area contributed by atoms with E-state index in [0.29, 0.717) is 31.5 Å². The number of rotatable bonds is 9. The molecule has 1 aromatic carbocycles. The highest BCUT2D eigenvalue weighted by molar-refractivity contribution is 6.29. The standard InChI is InChI=1S/C20H24N2O4/c1-14-17(10-6-7-11-19(25)26)20(21-18(24)13-23)15(2)22(14)12-16-8-4-3-5-9-16/h3-5,8-9,13H,6-7,10-12H2,1-2H3,(H,21,24)(H,25,26). The topological polar surface area (TPSA) is 88.4 Å². The maximum absolute atomic E-state index is 11.6. The second-order valence-corrected chi connectivity index (χ2v) is 6.30. The molecule has 0 bridgehead atoms. The Balaban J connectivity index is 2.30. The zero-order valence-corrected chi connectivity index (χ0v) is 15.1. The summed E-state index contributed by atoms with van der Waals surface area (Å²) in [4.78, 5) is 33.1. The third-order valence-electron chi connectivity index (χ3n) is 4.52. The summed E-state index contributed by atoms with van der Waals surface area (Å²) < 4.78 is 2.11. The number of nitrogens with one attached hydrogen (secondary N) is 1. The molecule has 0 radical (unpaired) electrons. The van der Waals surface area contributed by atoms with Crippen LogP contribution in [0.4, 0.5) is 5.69 Å². The number of carboxylic acids is 1. The van der Waals surface area contributed by atoms with Crippen LogP contribution in [0.25, 0.3) is 0 Å². The zero-order chi connectivity index (χ0) is 19.1. The Bertz CT molecular complexity index is 794. The van der Waals surface area contributed by atoms with E-state index in [1.807, 2.05) is 44.2 Å². The van der Waals surface area contributed by atoms with Crippen molar-refractivity contribution in [2.45, 2.75) is 46.1 Å². The number of anilines is 1. The molecule has 6 heteroatoms. The summed E-state index contributed by atoms with van der Waals surface area (Å²) in [5.74, 6) is -1.49. The van der Waals surface area contributed by atoms with Gasteiger partial charge in [-0.3, -0.25) is 14.4 Å². The summed E-state index contributed by atoms with van der Waals surface area (Å²) >= 11 is 0. The van der Waals surface area contributed by atoms with Gasteiger partial charge in [0.1, 0.15) is 0 Å². The highest BCUT2D eigenvalue weighted by atomic mass is 16.4. The molecule has 0 saturated carbocycles. The number of carboxylic acid groups (broad SMARTS) is 1. The van der Waals surface area contributed by atoms with Gasteiger partial charge in [-0.05, 0) is 44.2 Å². The number of hydrogen-bond acceptors (Lipinski definition) is 3. The number of hydrogen-bond donors (Lipinski definition) is 2. The minimum Gasteiger partial charge on any atom is -0.481 e. The Morgan fingerprint density at radius 1 is 1.12 bits per heavy atom. The first-order valence-corrected chi connectivity index (χ1v) is 8.64. The van der Waals surface area contributed by atoms with Crippen LogP contribution < -0.4 is 5.32 Å². The number of unbranched alkanes of at least 4 members (excludes halogenated alkanes) is 1. The summed E-state index contributed by atoms with van der Waals surface area (Å²) in [6.45, 7) is 4.56. The molecule has 1 aromatic heterocycles. The molecule has 0 aliphatic heterocycles. The van der Waals surface area contributed by atoms with E-state index in [-0.39, 0.29) is 12.7 Å². The molecule has 0 spiro atoms. The van der Waals surface area contributed by atoms with Gasteiger partial charge in [-0.15, -0.1) is 0 Å². The lowest BCUT2D eigenvalue weighted by Gasteiger charge is -2.10. The number of carbonyl (C=O) groups is 3. The van der Waals surface area contributed by atoms with Crippen LogP contribution in [0, 0.1) is 13.8 Å². The van der Waals surface area contributed by atoms with Crippen LogP contribution in [-0.4, -0.2) is 27.8 Å². The minimum absolute atomic E-state index is 0.124. The molecule has 6 nitrogen and oxygen atoms in total. The van der Waals surface area contributed by atoms with Gasteiger partial charge < -0.3 is 15.0 Å². The zero-order valence-electron chi connectivity index (χ0n) is 15.1. The molecule has 26 heavy (non-hydrogen) atoms. The average Bonchev–Trinajstić information content (AvgIpc) is 2.84. The number of nitrogens with zero attached hydrogens (tertiary/aromatic N) is 1. The van der Waals surface area contributed by atoms with E-state index in [4.69, 9.17) is 5.11 Å². The van der Waals surface area contributed by atoms with E-state index < -0.39 is 11.9 Å². The summed E-state index contributed by atoms with van der Waals surface area (Å²) in [6.07, 6.45) is 2.30. The molecular formula is C20H24N2O4. The Morgan fingerprint density at radius 3 is 2.42 bits per heavy atom. The van der Waals surface area contributed by atoms with Crippen LogP contribution in [0.3, 0.4) is 0 Å². The SMILES string of the molecule is Cc1c(CCCCC(=O)O)c(NC(=O)C=O)c(C)n1Cc1ccccc1. The molecule has 138 valence electrons. The fourth-order valence-corrected chi connectivity index (χ4v) is 3.15. The van der Waals surface area contributed by atoms with E-state index in [9.17, 15) is 14.4 Å². The van der Waals surface area contributed by atoms with Gasteiger partial charge in [0.05, 0.1) is 5.69 Å². The lowest BCUT2D eigenvalue weighted by molar-refractivity contribution is -0.137. The van der Waals surface area contributed by atoms with E-state index in [1.165, 1.54) is 0 Å². The normalized spacial score (nSPS) is 10.5. The summed E-state index contributed by atoms with van der Waals surface area (Å²) in [6, 6.07) is 9.99. The van der Waals surface area contributed by atoms with E-state index >= 15 is 0 Å². The number of amides is 1. The second kappa shape index (κ2) is 8.99. The average molecular weight is 356 g/mol. The highest BCUT2D eigenvalue weighted by Crippen LogP contribution is 2.30. The van der Waals surface area contributed by atoms with Crippen molar-refractivity contribution in [1.29, 1.82) is 0 Å². The molecule has 0 aliphatic carbocycles. The first-order valence-electron chi connectivity index (χ1n) is 8.64. The van der Waals surface area contributed by atoms with Crippen LogP contribution in [-0.2, 0) is 27.3 Å². The van der Waals surface area contributed by atoms with Crippen molar-refractivity contribution in [3.8, 4) is 0 Å². The molecule has 1 amide bonds. The van der Waals surface area contributed by atoms with Gasteiger partial charge >= 0.3 is 5.97 Å². The Labute approximate surface area is 152 Å². The lowest BCUT2D eigenvalue weighted by atomic mass is 10.1. The van der Waals surface area contributed by atoms with E-state index in [1.54, 1.807) is 0 Å². The van der Waals surface area contributed by atoms with E-state index in [0.717, 1.165) is 22.5 Å². The molecule has 0 atom stereocenters. The monoisotopic (exact) mass is 356 g/mol. The van der Waals surface area contributed by atoms with Crippen LogP contribution in [0.5, 0.6) is 0 Å². The van der Waals surface area contributed by atoms with Crippen LogP contribution in [0.1, 0.15) is 41.8 Å². The number of carbonyl (C=O) groups excluding carboxylic acids is 2. The summed E-state index contributed by atoms with van der Waals surface area (Å²) in [7, 11) is 0. The van der Waals surface area contributed by atoms with Gasteiger partial charge in [-0.25, -0.2) is 0 Å². The third kappa shape index (κ3) is 4.81. The third-order valence-corrected chi connectivity index (χ3v) is 4.52. The molecule has 2 aromatic rings. The van der Waals surface area contributed by atoms with Gasteiger partial charge in [0, 0.05) is 24.4 Å². The first kappa shape index (κ1) is 19.4. The van der Waals surface area contributed by atoms with Crippen LogP contribution in [0.15, 0.2) is 30.3 Å². The molecule has 0 unspecified atom stereocenters. The molecule has 0 aliphatic rings. The minimum atomic E-state index is -0.811. The number of benzene rings is 1. The lowest BCUT2D eigenvalue weighted by Crippen LogP contribution is -2.14.